The fraction of sp³-hybridized carbons (Fsp3) is 0.500. The summed E-state index contributed by atoms with van der Waals surface area (Å²) < 4.78 is 0. The van der Waals surface area contributed by atoms with Crippen LogP contribution in [0.25, 0.3) is 10.2 Å². The van der Waals surface area contributed by atoms with Gasteiger partial charge in [-0.25, -0.2) is 9.97 Å². The summed E-state index contributed by atoms with van der Waals surface area (Å²) in [4.78, 5) is 22.4. The maximum absolute atomic E-state index is 11.2. The summed E-state index contributed by atoms with van der Waals surface area (Å²) in [5, 5.41) is 10.7. The number of carboxylic acid groups (broad SMARTS) is 1. The van der Waals surface area contributed by atoms with Gasteiger partial charge in [0.15, 0.2) is 0 Å². The Kier molecular flexibility index (Phi) is 3.94. The molecule has 1 atom stereocenters. The Balaban J connectivity index is 2.06. The molecular formula is C14H16N2O2S2. The minimum atomic E-state index is -0.770. The number of thiophene rings is 1. The average Bonchev–Trinajstić information content (AvgIpc) is 2.83. The van der Waals surface area contributed by atoms with E-state index in [1.807, 2.05) is 6.92 Å². The van der Waals surface area contributed by atoms with Gasteiger partial charge in [0.05, 0.1) is 0 Å². The molecule has 0 fully saturated rings. The molecule has 2 aromatic heterocycles. The van der Waals surface area contributed by atoms with E-state index >= 15 is 0 Å². The molecule has 4 nitrogen and oxygen atoms in total. The number of carboxylic acids is 1. The highest BCUT2D eigenvalue weighted by atomic mass is 32.2. The molecule has 106 valence electrons. The second kappa shape index (κ2) is 5.69. The molecule has 0 bridgehead atoms. The highest BCUT2D eigenvalue weighted by Crippen LogP contribution is 2.40. The number of aliphatic carboxylic acids is 1. The summed E-state index contributed by atoms with van der Waals surface area (Å²) in [6.45, 7) is 1.90. The smallest absolute Gasteiger partial charge is 0.317 e. The van der Waals surface area contributed by atoms with Crippen molar-refractivity contribution in [1.82, 2.24) is 9.97 Å². The van der Waals surface area contributed by atoms with Crippen molar-refractivity contribution in [3.63, 3.8) is 0 Å². The molecule has 0 saturated carbocycles. The van der Waals surface area contributed by atoms with E-state index in [4.69, 9.17) is 0 Å². The predicted octanol–water partition coefficient (Wildman–Crippen LogP) is 3.53. The number of hydrogen-bond acceptors (Lipinski definition) is 5. The van der Waals surface area contributed by atoms with Crippen molar-refractivity contribution in [3.8, 4) is 0 Å². The van der Waals surface area contributed by atoms with Gasteiger partial charge in [0.25, 0.3) is 0 Å². The second-order valence-electron chi connectivity index (χ2n) is 4.92. The van der Waals surface area contributed by atoms with E-state index in [1.54, 1.807) is 17.7 Å². The first-order valence-corrected chi connectivity index (χ1v) is 8.55. The van der Waals surface area contributed by atoms with Crippen LogP contribution in [0.2, 0.25) is 0 Å². The molecule has 0 saturated heterocycles. The number of thioether (sulfide) groups is 1. The van der Waals surface area contributed by atoms with E-state index in [9.17, 15) is 9.90 Å². The van der Waals surface area contributed by atoms with E-state index in [-0.39, 0.29) is 0 Å². The molecule has 20 heavy (non-hydrogen) atoms. The lowest BCUT2D eigenvalue weighted by Crippen LogP contribution is -2.15. The van der Waals surface area contributed by atoms with Crippen molar-refractivity contribution >= 4 is 39.3 Å². The van der Waals surface area contributed by atoms with Crippen molar-refractivity contribution in [2.75, 3.05) is 0 Å². The summed E-state index contributed by atoms with van der Waals surface area (Å²) in [6, 6.07) is 0. The normalized spacial score (nSPS) is 16.1. The number of hydrogen-bond donors (Lipinski definition) is 1. The van der Waals surface area contributed by atoms with Gasteiger partial charge in [0.2, 0.25) is 0 Å². The number of fused-ring (bicyclic) bond motifs is 3. The van der Waals surface area contributed by atoms with Gasteiger partial charge in [0.1, 0.15) is 21.4 Å². The monoisotopic (exact) mass is 308 g/mol. The lowest BCUT2D eigenvalue weighted by atomic mass is 9.97. The molecule has 0 aliphatic heterocycles. The Morgan fingerprint density at radius 2 is 2.25 bits per heavy atom. The van der Waals surface area contributed by atoms with E-state index in [2.05, 4.69) is 9.97 Å². The largest absolute Gasteiger partial charge is 0.480 e. The molecule has 0 aromatic carbocycles. The van der Waals surface area contributed by atoms with Gasteiger partial charge in [-0.05, 0) is 37.7 Å². The number of rotatable bonds is 4. The predicted molar refractivity (Wildman–Crippen MR) is 81.6 cm³/mol. The molecule has 0 spiro atoms. The van der Waals surface area contributed by atoms with Crippen LogP contribution >= 0.6 is 23.1 Å². The van der Waals surface area contributed by atoms with E-state index in [0.717, 1.165) is 28.1 Å². The molecule has 6 heteroatoms. The Labute approximate surface area is 125 Å². The minimum absolute atomic E-state index is 0.438. The van der Waals surface area contributed by atoms with Gasteiger partial charge in [-0.3, -0.25) is 4.79 Å². The van der Waals surface area contributed by atoms with Crippen molar-refractivity contribution in [2.45, 2.75) is 49.3 Å². The molecule has 1 aliphatic rings. The zero-order valence-electron chi connectivity index (χ0n) is 11.3. The van der Waals surface area contributed by atoms with Crippen LogP contribution in [0.1, 0.15) is 36.6 Å². The molecule has 1 unspecified atom stereocenters. The molecule has 1 N–H and O–H groups in total. The fourth-order valence-electron chi connectivity index (χ4n) is 2.59. The lowest BCUT2D eigenvalue weighted by Gasteiger charge is -2.13. The van der Waals surface area contributed by atoms with Crippen LogP contribution in [0.5, 0.6) is 0 Å². The third-order valence-corrected chi connectivity index (χ3v) is 6.17. The van der Waals surface area contributed by atoms with Gasteiger partial charge in [0, 0.05) is 10.3 Å². The zero-order valence-corrected chi connectivity index (χ0v) is 12.9. The first-order chi connectivity index (χ1) is 9.70. The number of carbonyl (C=O) groups is 1. The van der Waals surface area contributed by atoms with Crippen molar-refractivity contribution < 1.29 is 9.90 Å². The average molecular weight is 308 g/mol. The summed E-state index contributed by atoms with van der Waals surface area (Å²) in [5.41, 5.74) is 1.36. The Hall–Kier alpha value is -1.14. The topological polar surface area (TPSA) is 63.1 Å². The molecule has 2 aromatic rings. The Morgan fingerprint density at radius 3 is 3.00 bits per heavy atom. The maximum atomic E-state index is 11.2. The van der Waals surface area contributed by atoms with Crippen LogP contribution in [0, 0.1) is 0 Å². The standard InChI is InChI=1S/C14H16N2O2S2/c1-2-9(14(17)18)19-12-11-8-5-3-4-6-10(8)20-13(11)16-7-15-12/h7,9H,2-6H2,1H3,(H,17,18). The molecule has 2 heterocycles. The molecule has 1 aliphatic carbocycles. The van der Waals surface area contributed by atoms with Crippen LogP contribution in [0.3, 0.4) is 0 Å². The van der Waals surface area contributed by atoms with Gasteiger partial charge in [-0.1, -0.05) is 18.7 Å². The molecule has 0 radical (unpaired) electrons. The highest BCUT2D eigenvalue weighted by Gasteiger charge is 2.23. The van der Waals surface area contributed by atoms with E-state index in [1.165, 1.54) is 35.0 Å². The van der Waals surface area contributed by atoms with Crippen LogP contribution in [0.15, 0.2) is 11.4 Å². The first-order valence-electron chi connectivity index (χ1n) is 6.85. The highest BCUT2D eigenvalue weighted by molar-refractivity contribution is 8.00. The van der Waals surface area contributed by atoms with Crippen LogP contribution in [-0.2, 0) is 17.6 Å². The quantitative estimate of drug-likeness (QED) is 0.691. The number of nitrogens with zero attached hydrogens (tertiary/aromatic N) is 2. The van der Waals surface area contributed by atoms with Gasteiger partial charge >= 0.3 is 5.97 Å². The van der Waals surface area contributed by atoms with Crippen molar-refractivity contribution in [2.24, 2.45) is 0 Å². The Morgan fingerprint density at radius 1 is 1.45 bits per heavy atom. The van der Waals surface area contributed by atoms with E-state index in [0.29, 0.717) is 6.42 Å². The lowest BCUT2D eigenvalue weighted by molar-refractivity contribution is -0.136. The SMILES string of the molecule is CCC(Sc1ncnc2sc3c(c12)CCCC3)C(=O)O. The van der Waals surface area contributed by atoms with Crippen LogP contribution in [-0.4, -0.2) is 26.3 Å². The van der Waals surface area contributed by atoms with Crippen LogP contribution in [0.4, 0.5) is 0 Å². The summed E-state index contributed by atoms with van der Waals surface area (Å²) in [7, 11) is 0. The van der Waals surface area contributed by atoms with Gasteiger partial charge < -0.3 is 5.11 Å². The first kappa shape index (κ1) is 13.8. The maximum Gasteiger partial charge on any atom is 0.317 e. The van der Waals surface area contributed by atoms with Crippen molar-refractivity contribution in [3.05, 3.63) is 16.8 Å². The molecular weight excluding hydrogens is 292 g/mol. The molecule has 3 rings (SSSR count). The van der Waals surface area contributed by atoms with Crippen LogP contribution < -0.4 is 0 Å². The summed E-state index contributed by atoms with van der Waals surface area (Å²) in [6.07, 6.45) is 6.78. The fourth-order valence-corrected chi connectivity index (χ4v) is 4.87. The molecule has 0 amide bonds. The second-order valence-corrected chi connectivity index (χ2v) is 7.20. The van der Waals surface area contributed by atoms with Gasteiger partial charge in [-0.2, -0.15) is 0 Å². The van der Waals surface area contributed by atoms with Gasteiger partial charge in [-0.15, -0.1) is 11.3 Å². The summed E-state index contributed by atoms with van der Waals surface area (Å²) in [5.74, 6) is -0.770. The van der Waals surface area contributed by atoms with Crippen molar-refractivity contribution in [1.29, 1.82) is 0 Å². The number of aryl methyl sites for hydroxylation is 2. The Bertz CT molecular complexity index is 654. The zero-order chi connectivity index (χ0) is 14.1. The third kappa shape index (κ3) is 2.42. The van der Waals surface area contributed by atoms with E-state index < -0.39 is 11.2 Å². The minimum Gasteiger partial charge on any atom is -0.480 e. The third-order valence-electron chi connectivity index (χ3n) is 3.62. The number of aromatic nitrogens is 2. The summed E-state index contributed by atoms with van der Waals surface area (Å²) >= 11 is 3.10.